The van der Waals surface area contributed by atoms with Gasteiger partial charge in [0.05, 0.1) is 6.54 Å². The van der Waals surface area contributed by atoms with E-state index < -0.39 is 0 Å². The normalized spacial score (nSPS) is 24.0. The first-order valence-corrected chi connectivity index (χ1v) is 7.28. The van der Waals surface area contributed by atoms with Gasteiger partial charge in [-0.25, -0.2) is 0 Å². The highest BCUT2D eigenvalue weighted by Crippen LogP contribution is 2.35. The number of Topliss-reactive ketones (excluding diaryl/α,β-unsaturated/α-hetero) is 1. The van der Waals surface area contributed by atoms with Gasteiger partial charge in [-0.15, -0.1) is 0 Å². The standard InChI is InChI=1S/C17H24NO2/c1-3-17(10-12-20-2)9-11-18(14-16(17)19)13-15-7-5-4-6-8-15/h4-8H,1,3,9-14H2,2H3. The largest absolute Gasteiger partial charge is 0.385 e. The third kappa shape index (κ3) is 3.47. The highest BCUT2D eigenvalue weighted by molar-refractivity contribution is 5.87. The summed E-state index contributed by atoms with van der Waals surface area (Å²) in [6.07, 6.45) is 2.37. The number of rotatable bonds is 6. The predicted octanol–water partition coefficient (Wildman–Crippen LogP) is 2.71. The second kappa shape index (κ2) is 7.00. The van der Waals surface area contributed by atoms with Crippen molar-refractivity contribution in [3.63, 3.8) is 0 Å². The van der Waals surface area contributed by atoms with E-state index in [1.807, 2.05) is 18.2 Å². The van der Waals surface area contributed by atoms with Crippen molar-refractivity contribution in [1.29, 1.82) is 0 Å². The number of ether oxygens (including phenoxy) is 1. The second-order valence-electron chi connectivity index (χ2n) is 5.64. The lowest BCUT2D eigenvalue weighted by atomic mass is 9.73. The van der Waals surface area contributed by atoms with Crippen LogP contribution in [0.1, 0.15) is 24.8 Å². The maximum absolute atomic E-state index is 12.5. The highest BCUT2D eigenvalue weighted by atomic mass is 16.5. The molecule has 20 heavy (non-hydrogen) atoms. The van der Waals surface area contributed by atoms with E-state index in [4.69, 9.17) is 4.74 Å². The first-order valence-electron chi connectivity index (χ1n) is 7.28. The second-order valence-corrected chi connectivity index (χ2v) is 5.64. The molecule has 0 saturated carbocycles. The van der Waals surface area contributed by atoms with Crippen LogP contribution in [0, 0.1) is 12.3 Å². The van der Waals surface area contributed by atoms with Gasteiger partial charge in [0.25, 0.3) is 0 Å². The van der Waals surface area contributed by atoms with E-state index in [9.17, 15) is 4.79 Å². The van der Waals surface area contributed by atoms with E-state index in [2.05, 4.69) is 24.0 Å². The first kappa shape index (κ1) is 15.2. The number of carbonyl (C=O) groups is 1. The molecular formula is C17H24NO2. The first-order chi connectivity index (χ1) is 9.70. The monoisotopic (exact) mass is 274 g/mol. The van der Waals surface area contributed by atoms with Gasteiger partial charge in [-0.1, -0.05) is 37.3 Å². The molecule has 0 spiro atoms. The Labute approximate surface area is 121 Å². The number of hydrogen-bond acceptors (Lipinski definition) is 3. The molecule has 0 aliphatic carbocycles. The van der Waals surface area contributed by atoms with Gasteiger partial charge < -0.3 is 4.74 Å². The Bertz CT molecular complexity index is 432. The average molecular weight is 274 g/mol. The van der Waals surface area contributed by atoms with Gasteiger partial charge in [-0.05, 0) is 31.4 Å². The van der Waals surface area contributed by atoms with Gasteiger partial charge in [-0.3, -0.25) is 9.69 Å². The molecule has 1 saturated heterocycles. The Kier molecular flexibility index (Phi) is 5.32. The van der Waals surface area contributed by atoms with E-state index >= 15 is 0 Å². The minimum Gasteiger partial charge on any atom is -0.385 e. The Hall–Kier alpha value is -1.19. The van der Waals surface area contributed by atoms with Gasteiger partial charge in [0.1, 0.15) is 0 Å². The molecule has 1 atom stereocenters. The van der Waals surface area contributed by atoms with E-state index in [0.717, 1.165) is 25.9 Å². The summed E-state index contributed by atoms with van der Waals surface area (Å²) in [5, 5.41) is 0. The molecule has 1 radical (unpaired) electrons. The van der Waals surface area contributed by atoms with Crippen LogP contribution in [0.3, 0.4) is 0 Å². The molecule has 109 valence electrons. The Balaban J connectivity index is 1.96. The zero-order valence-corrected chi connectivity index (χ0v) is 12.3. The molecule has 0 bridgehead atoms. The van der Waals surface area contributed by atoms with Crippen LogP contribution in [-0.2, 0) is 16.1 Å². The summed E-state index contributed by atoms with van der Waals surface area (Å²) in [6.45, 7) is 6.98. The maximum Gasteiger partial charge on any atom is 0.153 e. The summed E-state index contributed by atoms with van der Waals surface area (Å²) in [6, 6.07) is 10.3. The Morgan fingerprint density at radius 1 is 1.35 bits per heavy atom. The zero-order chi connectivity index (χ0) is 14.4. The molecule has 0 N–H and O–H groups in total. The number of benzene rings is 1. The molecule has 1 unspecified atom stereocenters. The van der Waals surface area contributed by atoms with Gasteiger partial charge in [0.15, 0.2) is 5.78 Å². The molecule has 3 heteroatoms. The summed E-state index contributed by atoms with van der Waals surface area (Å²) < 4.78 is 5.15. The van der Waals surface area contributed by atoms with Crippen LogP contribution in [-0.4, -0.2) is 37.5 Å². The molecule has 0 amide bonds. The zero-order valence-electron chi connectivity index (χ0n) is 12.3. The van der Waals surface area contributed by atoms with Crippen molar-refractivity contribution in [3.8, 4) is 0 Å². The number of likely N-dealkylation sites (tertiary alicyclic amines) is 1. The lowest BCUT2D eigenvalue weighted by Crippen LogP contribution is -2.47. The summed E-state index contributed by atoms with van der Waals surface area (Å²) in [5.74, 6) is 0.326. The number of methoxy groups -OCH3 is 1. The van der Waals surface area contributed by atoms with E-state index in [-0.39, 0.29) is 5.41 Å². The van der Waals surface area contributed by atoms with Crippen LogP contribution in [0.2, 0.25) is 0 Å². The van der Waals surface area contributed by atoms with Crippen LogP contribution >= 0.6 is 0 Å². The van der Waals surface area contributed by atoms with Crippen LogP contribution in [0.4, 0.5) is 0 Å². The lowest BCUT2D eigenvalue weighted by Gasteiger charge is -2.40. The van der Waals surface area contributed by atoms with E-state index in [0.29, 0.717) is 25.4 Å². The van der Waals surface area contributed by atoms with Crippen molar-refractivity contribution in [2.75, 3.05) is 26.8 Å². The van der Waals surface area contributed by atoms with Crippen molar-refractivity contribution in [2.24, 2.45) is 5.41 Å². The van der Waals surface area contributed by atoms with Crippen molar-refractivity contribution in [2.45, 2.75) is 25.8 Å². The number of piperidine rings is 1. The van der Waals surface area contributed by atoms with Crippen LogP contribution in [0.5, 0.6) is 0 Å². The third-order valence-electron chi connectivity index (χ3n) is 4.38. The average Bonchev–Trinajstić information content (AvgIpc) is 2.48. The van der Waals surface area contributed by atoms with Gasteiger partial charge in [-0.2, -0.15) is 0 Å². The van der Waals surface area contributed by atoms with Gasteiger partial charge in [0.2, 0.25) is 0 Å². The molecule has 1 heterocycles. The molecule has 1 fully saturated rings. The van der Waals surface area contributed by atoms with E-state index in [1.165, 1.54) is 5.56 Å². The fraction of sp³-hybridized carbons (Fsp3) is 0.529. The van der Waals surface area contributed by atoms with E-state index in [1.54, 1.807) is 7.11 Å². The minimum absolute atomic E-state index is 0.261. The summed E-state index contributed by atoms with van der Waals surface area (Å²) in [4.78, 5) is 14.8. The van der Waals surface area contributed by atoms with Crippen LogP contribution in [0.25, 0.3) is 0 Å². The van der Waals surface area contributed by atoms with Crippen molar-refractivity contribution >= 4 is 5.78 Å². The van der Waals surface area contributed by atoms with Crippen molar-refractivity contribution in [1.82, 2.24) is 4.90 Å². The van der Waals surface area contributed by atoms with Gasteiger partial charge in [0, 0.05) is 25.7 Å². The van der Waals surface area contributed by atoms with Gasteiger partial charge >= 0.3 is 0 Å². The molecule has 1 aromatic carbocycles. The fourth-order valence-corrected chi connectivity index (χ4v) is 2.89. The van der Waals surface area contributed by atoms with Crippen LogP contribution < -0.4 is 0 Å². The van der Waals surface area contributed by atoms with Crippen LogP contribution in [0.15, 0.2) is 30.3 Å². The quantitative estimate of drug-likeness (QED) is 0.799. The minimum atomic E-state index is -0.261. The van der Waals surface area contributed by atoms with Crippen molar-refractivity contribution in [3.05, 3.63) is 42.8 Å². The lowest BCUT2D eigenvalue weighted by molar-refractivity contribution is -0.135. The molecule has 1 aromatic rings. The fourth-order valence-electron chi connectivity index (χ4n) is 2.89. The Morgan fingerprint density at radius 3 is 2.70 bits per heavy atom. The summed E-state index contributed by atoms with van der Waals surface area (Å²) in [5.41, 5.74) is 1.00. The molecule has 2 rings (SSSR count). The maximum atomic E-state index is 12.5. The predicted molar refractivity (Wildman–Crippen MR) is 80.2 cm³/mol. The summed E-state index contributed by atoms with van der Waals surface area (Å²) >= 11 is 0. The van der Waals surface area contributed by atoms with Crippen molar-refractivity contribution < 1.29 is 9.53 Å². The smallest absolute Gasteiger partial charge is 0.153 e. The number of hydrogen-bond donors (Lipinski definition) is 0. The molecule has 0 aromatic heterocycles. The molecule has 3 nitrogen and oxygen atoms in total. The number of nitrogens with zero attached hydrogens (tertiary/aromatic N) is 1. The number of ketones is 1. The molecular weight excluding hydrogens is 250 g/mol. The topological polar surface area (TPSA) is 29.5 Å². The Morgan fingerprint density at radius 2 is 2.10 bits per heavy atom. The number of carbonyl (C=O) groups excluding carboxylic acids is 1. The third-order valence-corrected chi connectivity index (χ3v) is 4.38. The molecule has 1 aliphatic heterocycles. The SMILES string of the molecule is [CH2]CC1(CCOC)CCN(Cc2ccccc2)CC1=O. The molecule has 1 aliphatic rings. The summed E-state index contributed by atoms with van der Waals surface area (Å²) in [7, 11) is 1.69. The highest BCUT2D eigenvalue weighted by Gasteiger charge is 2.40.